The minimum atomic E-state index is -3.78. The molecule has 0 saturated heterocycles. The van der Waals surface area contributed by atoms with Crippen LogP contribution in [-0.2, 0) is 29.0 Å². The molecule has 4 rings (SSSR count). The predicted molar refractivity (Wildman–Crippen MR) is 193 cm³/mol. The Balaban J connectivity index is 1.67. The van der Waals surface area contributed by atoms with Crippen molar-refractivity contribution in [3.63, 3.8) is 0 Å². The van der Waals surface area contributed by atoms with Gasteiger partial charge in [-0.3, -0.25) is 14.4 Å². The third kappa shape index (κ3) is 9.78. The highest BCUT2D eigenvalue weighted by Crippen LogP contribution is 2.47. The first-order chi connectivity index (χ1) is 23.6. The quantitative estimate of drug-likeness (QED) is 0.131. The van der Waals surface area contributed by atoms with Gasteiger partial charge in [0.1, 0.15) is 18.3 Å². The van der Waals surface area contributed by atoms with Crippen molar-refractivity contribution in [2.45, 2.75) is 68.2 Å². The Bertz CT molecular complexity index is 1680. The van der Waals surface area contributed by atoms with Crippen LogP contribution in [0.3, 0.4) is 0 Å². The number of sulfone groups is 1. The van der Waals surface area contributed by atoms with Gasteiger partial charge in [0.2, 0.25) is 5.91 Å². The van der Waals surface area contributed by atoms with Gasteiger partial charge in [0.25, 0.3) is 5.91 Å². The number of anilines is 2. The molecule has 0 spiro atoms. The molecule has 0 radical (unpaired) electrons. The molecule has 1 aliphatic rings. The van der Waals surface area contributed by atoms with E-state index < -0.39 is 45.7 Å². The zero-order chi connectivity index (χ0) is 35.4. The molecule has 0 aliphatic carbocycles. The highest BCUT2D eigenvalue weighted by Gasteiger charge is 2.42. The number of nitrogens with zero attached hydrogens (tertiary/aromatic N) is 1. The maximum Gasteiger partial charge on any atom is 0.325 e. The molecule has 2 N–H and O–H groups in total. The molecule has 3 aromatic rings. The highest BCUT2D eigenvalue weighted by molar-refractivity contribution is 7.98. The van der Waals surface area contributed by atoms with Crippen LogP contribution >= 0.6 is 11.8 Å². The minimum Gasteiger partial charge on any atom is -0.483 e. The first-order valence-corrected chi connectivity index (χ1v) is 19.5. The van der Waals surface area contributed by atoms with Crippen molar-refractivity contribution in [1.29, 1.82) is 0 Å². The fourth-order valence-corrected chi connectivity index (χ4v) is 8.87. The summed E-state index contributed by atoms with van der Waals surface area (Å²) in [6.07, 6.45) is 7.28. The van der Waals surface area contributed by atoms with Crippen LogP contribution in [0.25, 0.3) is 0 Å². The lowest BCUT2D eigenvalue weighted by Gasteiger charge is -2.37. The lowest BCUT2D eigenvalue weighted by molar-refractivity contribution is -0.141. The first kappa shape index (κ1) is 37.8. The van der Waals surface area contributed by atoms with Gasteiger partial charge in [-0.05, 0) is 42.9 Å². The van der Waals surface area contributed by atoms with Gasteiger partial charge >= 0.3 is 5.97 Å². The summed E-state index contributed by atoms with van der Waals surface area (Å²) in [6, 6.07) is 20.8. The number of ether oxygens (including phenoxy) is 2. The lowest BCUT2D eigenvalue weighted by Crippen LogP contribution is -2.43. The number of hydrogen-bond acceptors (Lipinski definition) is 9. The maximum absolute atomic E-state index is 14.4. The SMILES string of the molecule is CCCCC1(CCCC)CN(c2ccccc2)c2cc(SC)c(OCC(=O)N[C@@H](C(=O)NCC(=O)OC)c3ccccc3)cc2S(=O)(=O)C1. The Kier molecular flexibility index (Phi) is 13.6. The van der Waals surface area contributed by atoms with Crippen LogP contribution in [0.5, 0.6) is 5.75 Å². The van der Waals surface area contributed by atoms with Crippen LogP contribution in [0.2, 0.25) is 0 Å². The van der Waals surface area contributed by atoms with Gasteiger partial charge in [-0.25, -0.2) is 8.42 Å². The van der Waals surface area contributed by atoms with Crippen LogP contribution in [0.4, 0.5) is 11.4 Å². The van der Waals surface area contributed by atoms with Crippen molar-refractivity contribution >= 4 is 50.8 Å². The second-order valence-corrected chi connectivity index (χ2v) is 15.2. The average Bonchev–Trinajstić information content (AvgIpc) is 3.21. The van der Waals surface area contributed by atoms with Gasteiger partial charge in [-0.2, -0.15) is 0 Å². The fraction of sp³-hybridized carbons (Fsp3) is 0.432. The molecule has 264 valence electrons. The molecule has 0 bridgehead atoms. The number of amides is 2. The minimum absolute atomic E-state index is 0.0221. The summed E-state index contributed by atoms with van der Waals surface area (Å²) >= 11 is 1.39. The van der Waals surface area contributed by atoms with Crippen molar-refractivity contribution in [3.8, 4) is 5.75 Å². The fourth-order valence-electron chi connectivity index (χ4n) is 6.20. The molecule has 12 heteroatoms. The number of thioether (sulfide) groups is 1. The number of fused-ring (bicyclic) bond motifs is 1. The summed E-state index contributed by atoms with van der Waals surface area (Å²) in [7, 11) is -2.56. The predicted octanol–water partition coefficient (Wildman–Crippen LogP) is 6.23. The van der Waals surface area contributed by atoms with Gasteiger partial charge in [0, 0.05) is 23.7 Å². The number of carbonyl (C=O) groups excluding carboxylic acids is 3. The summed E-state index contributed by atoms with van der Waals surface area (Å²) in [6.45, 7) is 4.00. The zero-order valence-electron chi connectivity index (χ0n) is 28.7. The van der Waals surface area contributed by atoms with E-state index in [4.69, 9.17) is 4.74 Å². The van der Waals surface area contributed by atoms with Gasteiger partial charge in [-0.1, -0.05) is 88.1 Å². The van der Waals surface area contributed by atoms with E-state index in [0.717, 1.165) is 44.2 Å². The summed E-state index contributed by atoms with van der Waals surface area (Å²) in [4.78, 5) is 40.9. The Hall–Kier alpha value is -4.03. The van der Waals surface area contributed by atoms with Gasteiger partial charge in [0.05, 0.1) is 28.3 Å². The van der Waals surface area contributed by atoms with E-state index in [2.05, 4.69) is 34.1 Å². The standard InChI is InChI=1S/C37H47N3O7S2/c1-5-7-19-37(20-8-6-2)25-40(28-17-13-10-14-18-28)29-21-31(48-4)30(22-32(29)49(44,45)26-37)47-24-33(41)39-35(27-15-11-9-12-16-27)36(43)38-23-34(42)46-3/h9-18,21-22,35H,5-8,19-20,23-26H2,1-4H3,(H,38,43)(H,39,41)/t35-/m1/s1. The molecule has 3 aromatic carbocycles. The molecule has 0 fully saturated rings. The normalized spacial score (nSPS) is 15.3. The van der Waals surface area contributed by atoms with Gasteiger partial charge in [0.15, 0.2) is 16.4 Å². The lowest BCUT2D eigenvalue weighted by atomic mass is 9.79. The van der Waals surface area contributed by atoms with Crippen molar-refractivity contribution < 1.29 is 32.3 Å². The second kappa shape index (κ2) is 17.6. The number of rotatable bonds is 16. The van der Waals surface area contributed by atoms with E-state index in [1.54, 1.807) is 36.4 Å². The first-order valence-electron chi connectivity index (χ1n) is 16.7. The third-order valence-corrected chi connectivity index (χ3v) is 11.5. The Morgan fingerprint density at radius 1 is 0.959 bits per heavy atom. The maximum atomic E-state index is 14.4. The van der Waals surface area contributed by atoms with Crippen LogP contribution in [0.1, 0.15) is 64.0 Å². The number of unbranched alkanes of at least 4 members (excludes halogenated alkanes) is 2. The summed E-state index contributed by atoms with van der Waals surface area (Å²) in [5.41, 5.74) is 1.57. The van der Waals surface area contributed by atoms with Crippen molar-refractivity contribution in [1.82, 2.24) is 10.6 Å². The summed E-state index contributed by atoms with van der Waals surface area (Å²) in [5, 5.41) is 5.17. The summed E-state index contributed by atoms with van der Waals surface area (Å²) in [5.74, 6) is -1.54. The molecule has 0 unspecified atom stereocenters. The zero-order valence-corrected chi connectivity index (χ0v) is 30.3. The molecule has 10 nitrogen and oxygen atoms in total. The number of nitrogens with one attached hydrogen (secondary N) is 2. The van der Waals surface area contributed by atoms with Crippen LogP contribution in [0.15, 0.2) is 82.6 Å². The van der Waals surface area contributed by atoms with E-state index in [1.165, 1.54) is 18.9 Å². The molecule has 1 atom stereocenters. The van der Waals surface area contributed by atoms with Gasteiger partial charge in [-0.15, -0.1) is 11.8 Å². The molecule has 2 amide bonds. The Labute approximate surface area is 294 Å². The van der Waals surface area contributed by atoms with Gasteiger partial charge < -0.3 is 25.0 Å². The van der Waals surface area contributed by atoms with Crippen molar-refractivity contribution in [3.05, 3.63) is 78.4 Å². The largest absolute Gasteiger partial charge is 0.483 e. The molecule has 1 aliphatic heterocycles. The van der Waals surface area contributed by atoms with Crippen molar-refractivity contribution in [2.24, 2.45) is 5.41 Å². The van der Waals surface area contributed by atoms with Crippen LogP contribution < -0.4 is 20.3 Å². The molecule has 0 saturated carbocycles. The van der Waals surface area contributed by atoms with E-state index >= 15 is 0 Å². The van der Waals surface area contributed by atoms with Crippen molar-refractivity contribution in [2.75, 3.05) is 43.7 Å². The highest BCUT2D eigenvalue weighted by atomic mass is 32.2. The molecular formula is C37H47N3O7S2. The molecule has 49 heavy (non-hydrogen) atoms. The molecule has 0 aromatic heterocycles. The number of benzene rings is 3. The molecule has 1 heterocycles. The van der Waals surface area contributed by atoms with E-state index in [1.807, 2.05) is 42.7 Å². The average molecular weight is 710 g/mol. The number of esters is 1. The third-order valence-electron chi connectivity index (χ3n) is 8.74. The summed E-state index contributed by atoms with van der Waals surface area (Å²) < 4.78 is 39.4. The topological polar surface area (TPSA) is 131 Å². The second-order valence-electron chi connectivity index (χ2n) is 12.4. The Morgan fingerprint density at radius 2 is 1.59 bits per heavy atom. The number of para-hydroxylation sites is 1. The van der Waals surface area contributed by atoms with E-state index in [9.17, 15) is 22.8 Å². The number of carbonyl (C=O) groups is 3. The van der Waals surface area contributed by atoms with E-state index in [0.29, 0.717) is 22.7 Å². The number of hydrogen-bond donors (Lipinski definition) is 2. The van der Waals surface area contributed by atoms with Crippen LogP contribution in [-0.4, -0.2) is 65.0 Å². The smallest absolute Gasteiger partial charge is 0.325 e. The monoisotopic (exact) mass is 709 g/mol. The van der Waals surface area contributed by atoms with E-state index in [-0.39, 0.29) is 22.9 Å². The van der Waals surface area contributed by atoms with Crippen LogP contribution in [0, 0.1) is 5.41 Å². The molecular weight excluding hydrogens is 663 g/mol. The number of methoxy groups -OCH3 is 1. The Morgan fingerprint density at radius 3 is 2.18 bits per heavy atom.